The Bertz CT molecular complexity index is 640. The Morgan fingerprint density at radius 3 is 2.95 bits per heavy atom. The fraction of sp³-hybridized carbons (Fsp3) is 0.467. The lowest BCUT2D eigenvalue weighted by atomic mass is 10.1. The maximum atomic E-state index is 12.6. The van der Waals surface area contributed by atoms with Crippen LogP contribution in [0.25, 0.3) is 0 Å². The van der Waals surface area contributed by atoms with Crippen LogP contribution in [0.15, 0.2) is 18.6 Å². The van der Waals surface area contributed by atoms with Gasteiger partial charge >= 0.3 is 0 Å². The van der Waals surface area contributed by atoms with E-state index in [2.05, 4.69) is 15.0 Å². The zero-order valence-corrected chi connectivity index (χ0v) is 13.1. The van der Waals surface area contributed by atoms with Crippen LogP contribution >= 0.6 is 11.3 Å². The highest BCUT2D eigenvalue weighted by molar-refractivity contribution is 7.11. The molecule has 2 aromatic rings. The maximum Gasteiger partial charge on any atom is 0.228 e. The number of hydrogen-bond donors (Lipinski definition) is 0. The van der Waals surface area contributed by atoms with E-state index >= 15 is 0 Å². The molecule has 0 saturated carbocycles. The average molecular weight is 302 g/mol. The fourth-order valence-electron chi connectivity index (χ4n) is 2.83. The van der Waals surface area contributed by atoms with Crippen LogP contribution in [0.4, 0.5) is 0 Å². The summed E-state index contributed by atoms with van der Waals surface area (Å²) in [5.41, 5.74) is 1.86. The summed E-state index contributed by atoms with van der Waals surface area (Å²) in [6.07, 6.45) is 7.53. The molecule has 0 aromatic carbocycles. The van der Waals surface area contributed by atoms with E-state index in [9.17, 15) is 4.79 Å². The summed E-state index contributed by atoms with van der Waals surface area (Å²) in [4.78, 5) is 28.5. The van der Waals surface area contributed by atoms with Gasteiger partial charge in [0.1, 0.15) is 0 Å². The summed E-state index contributed by atoms with van der Waals surface area (Å²) in [5.74, 6) is 0.162. The van der Waals surface area contributed by atoms with Gasteiger partial charge in [-0.2, -0.15) is 0 Å². The number of carbonyl (C=O) groups is 1. The highest BCUT2D eigenvalue weighted by atomic mass is 32.1. The number of aryl methyl sites for hydroxylation is 2. The van der Waals surface area contributed by atoms with E-state index in [-0.39, 0.29) is 11.9 Å². The second kappa shape index (κ2) is 5.89. The molecule has 1 saturated heterocycles. The first-order valence-corrected chi connectivity index (χ1v) is 7.95. The van der Waals surface area contributed by atoms with E-state index in [1.807, 2.05) is 18.7 Å². The molecule has 2 aromatic heterocycles. The number of aromatic nitrogens is 3. The Labute approximate surface area is 128 Å². The molecule has 3 heterocycles. The summed E-state index contributed by atoms with van der Waals surface area (Å²) < 4.78 is 0. The monoisotopic (exact) mass is 302 g/mol. The Morgan fingerprint density at radius 1 is 1.43 bits per heavy atom. The summed E-state index contributed by atoms with van der Waals surface area (Å²) in [6.45, 7) is 4.75. The quantitative estimate of drug-likeness (QED) is 0.874. The number of carbonyl (C=O) groups excluding carboxylic acids is 1. The average Bonchev–Trinajstić information content (AvgIpc) is 3.07. The standard InChI is InChI=1S/C15H18N4OS/c1-10-14(21-11(2)18-10)8-15(20)19-7-3-4-13(19)12-9-16-5-6-17-12/h5-6,9,13H,3-4,7-8H2,1-2H3/t13-/m0/s1. The molecule has 0 aliphatic carbocycles. The number of thiazole rings is 1. The van der Waals surface area contributed by atoms with Crippen molar-refractivity contribution in [2.45, 2.75) is 39.2 Å². The molecule has 1 aliphatic heterocycles. The first-order chi connectivity index (χ1) is 10.1. The van der Waals surface area contributed by atoms with Gasteiger partial charge in [-0.3, -0.25) is 14.8 Å². The molecule has 0 N–H and O–H groups in total. The molecule has 0 bridgehead atoms. The van der Waals surface area contributed by atoms with Crippen LogP contribution in [0.1, 0.15) is 40.2 Å². The van der Waals surface area contributed by atoms with E-state index in [1.54, 1.807) is 29.9 Å². The number of hydrogen-bond acceptors (Lipinski definition) is 5. The van der Waals surface area contributed by atoms with Crippen LogP contribution in [-0.4, -0.2) is 32.3 Å². The third-order valence-corrected chi connectivity index (χ3v) is 4.88. The van der Waals surface area contributed by atoms with Crippen molar-refractivity contribution < 1.29 is 4.79 Å². The van der Waals surface area contributed by atoms with Crippen molar-refractivity contribution >= 4 is 17.2 Å². The first-order valence-electron chi connectivity index (χ1n) is 7.13. The molecule has 0 radical (unpaired) electrons. The molecular weight excluding hydrogens is 284 g/mol. The van der Waals surface area contributed by atoms with Crippen molar-refractivity contribution in [3.63, 3.8) is 0 Å². The van der Waals surface area contributed by atoms with Crippen molar-refractivity contribution in [1.29, 1.82) is 0 Å². The van der Waals surface area contributed by atoms with Gasteiger partial charge in [-0.05, 0) is 26.7 Å². The second-order valence-corrected chi connectivity index (χ2v) is 6.58. The molecule has 6 heteroatoms. The SMILES string of the molecule is Cc1nc(C)c(CC(=O)N2CCC[C@H]2c2cnccn2)s1. The van der Waals surface area contributed by atoms with Crippen LogP contribution in [0.2, 0.25) is 0 Å². The lowest BCUT2D eigenvalue weighted by Gasteiger charge is -2.24. The van der Waals surface area contributed by atoms with Crippen LogP contribution in [0, 0.1) is 13.8 Å². The van der Waals surface area contributed by atoms with Gasteiger partial charge in [0.15, 0.2) is 0 Å². The zero-order chi connectivity index (χ0) is 14.8. The van der Waals surface area contributed by atoms with E-state index in [1.165, 1.54) is 0 Å². The van der Waals surface area contributed by atoms with Gasteiger partial charge in [0.2, 0.25) is 5.91 Å². The predicted molar refractivity (Wildman–Crippen MR) is 81.0 cm³/mol. The van der Waals surface area contributed by atoms with Gasteiger partial charge in [-0.1, -0.05) is 0 Å². The maximum absolute atomic E-state index is 12.6. The molecule has 3 rings (SSSR count). The largest absolute Gasteiger partial charge is 0.334 e. The van der Waals surface area contributed by atoms with E-state index < -0.39 is 0 Å². The topological polar surface area (TPSA) is 59.0 Å². The van der Waals surface area contributed by atoms with Crippen LogP contribution in [-0.2, 0) is 11.2 Å². The van der Waals surface area contributed by atoms with Crippen LogP contribution < -0.4 is 0 Å². The van der Waals surface area contributed by atoms with Crippen molar-refractivity contribution in [3.8, 4) is 0 Å². The lowest BCUT2D eigenvalue weighted by Crippen LogP contribution is -2.32. The summed E-state index contributed by atoms with van der Waals surface area (Å²) in [6, 6.07) is 0.0699. The zero-order valence-electron chi connectivity index (χ0n) is 12.2. The summed E-state index contributed by atoms with van der Waals surface area (Å²) in [5, 5.41) is 1.02. The minimum Gasteiger partial charge on any atom is -0.334 e. The Kier molecular flexibility index (Phi) is 3.96. The molecule has 1 fully saturated rings. The van der Waals surface area contributed by atoms with Gasteiger partial charge in [-0.25, -0.2) is 4.98 Å². The number of likely N-dealkylation sites (tertiary alicyclic amines) is 1. The molecule has 1 atom stereocenters. The van der Waals surface area contributed by atoms with Gasteiger partial charge in [0.25, 0.3) is 0 Å². The molecule has 0 unspecified atom stereocenters. The van der Waals surface area contributed by atoms with Crippen LogP contribution in [0.3, 0.4) is 0 Å². The van der Waals surface area contributed by atoms with Crippen molar-refractivity contribution in [2.75, 3.05) is 6.54 Å². The summed E-state index contributed by atoms with van der Waals surface area (Å²) in [7, 11) is 0. The minimum atomic E-state index is 0.0699. The third-order valence-electron chi connectivity index (χ3n) is 3.81. The fourth-order valence-corrected chi connectivity index (χ4v) is 3.76. The number of nitrogens with zero attached hydrogens (tertiary/aromatic N) is 4. The van der Waals surface area contributed by atoms with Crippen molar-refractivity contribution in [3.05, 3.63) is 39.9 Å². The minimum absolute atomic E-state index is 0.0699. The van der Waals surface area contributed by atoms with Crippen LogP contribution in [0.5, 0.6) is 0 Å². The smallest absolute Gasteiger partial charge is 0.228 e. The molecule has 1 amide bonds. The Balaban J connectivity index is 1.76. The molecule has 110 valence electrons. The Hall–Kier alpha value is -1.82. The van der Waals surface area contributed by atoms with Gasteiger partial charge in [0, 0.05) is 23.8 Å². The highest BCUT2D eigenvalue weighted by Gasteiger charge is 2.31. The van der Waals surface area contributed by atoms with Gasteiger partial charge in [0.05, 0.1) is 35.1 Å². The van der Waals surface area contributed by atoms with E-state index in [4.69, 9.17) is 0 Å². The lowest BCUT2D eigenvalue weighted by molar-refractivity contribution is -0.131. The molecule has 5 nitrogen and oxygen atoms in total. The van der Waals surface area contributed by atoms with Gasteiger partial charge < -0.3 is 4.90 Å². The third kappa shape index (κ3) is 2.95. The highest BCUT2D eigenvalue weighted by Crippen LogP contribution is 2.31. The van der Waals surface area contributed by atoms with E-state index in [0.29, 0.717) is 6.42 Å². The number of rotatable bonds is 3. The first kappa shape index (κ1) is 14.1. The Morgan fingerprint density at radius 2 is 2.29 bits per heavy atom. The number of amides is 1. The summed E-state index contributed by atoms with van der Waals surface area (Å²) >= 11 is 1.61. The second-order valence-electron chi connectivity index (χ2n) is 5.29. The normalized spacial score (nSPS) is 18.2. The predicted octanol–water partition coefficient (Wildman–Crippen LogP) is 2.46. The van der Waals surface area contributed by atoms with Crippen molar-refractivity contribution in [1.82, 2.24) is 19.9 Å². The molecule has 21 heavy (non-hydrogen) atoms. The van der Waals surface area contributed by atoms with Crippen molar-refractivity contribution in [2.24, 2.45) is 0 Å². The molecular formula is C15H18N4OS. The molecule has 1 aliphatic rings. The van der Waals surface area contributed by atoms with Gasteiger partial charge in [-0.15, -0.1) is 11.3 Å². The molecule has 0 spiro atoms. The van der Waals surface area contributed by atoms with E-state index in [0.717, 1.165) is 40.7 Å².